The second kappa shape index (κ2) is 6.46. The number of hydrogen-bond acceptors (Lipinski definition) is 4. The van der Waals surface area contributed by atoms with Crippen LogP contribution in [0.3, 0.4) is 0 Å². The third-order valence-corrected chi connectivity index (χ3v) is 5.87. The Balaban J connectivity index is 1.40. The molecule has 1 atom stereocenters. The average molecular weight is 393 g/mol. The van der Waals surface area contributed by atoms with Gasteiger partial charge in [0, 0.05) is 28.8 Å². The number of nitrogens with zero attached hydrogens (tertiary/aromatic N) is 1. The minimum atomic E-state index is -0.0928. The van der Waals surface area contributed by atoms with E-state index in [1.165, 1.54) is 12.8 Å². The Labute approximate surface area is 148 Å². The van der Waals surface area contributed by atoms with Crippen molar-refractivity contribution in [2.45, 2.75) is 25.4 Å². The van der Waals surface area contributed by atoms with Crippen molar-refractivity contribution in [3.05, 3.63) is 28.5 Å². The van der Waals surface area contributed by atoms with E-state index in [0.717, 1.165) is 36.0 Å². The van der Waals surface area contributed by atoms with Crippen molar-refractivity contribution in [2.75, 3.05) is 26.2 Å². The number of carbonyl (C=O) groups is 1. The van der Waals surface area contributed by atoms with E-state index in [-0.39, 0.29) is 12.0 Å². The maximum absolute atomic E-state index is 12.6. The maximum atomic E-state index is 12.6. The van der Waals surface area contributed by atoms with E-state index in [9.17, 15) is 4.79 Å². The van der Waals surface area contributed by atoms with Gasteiger partial charge in [-0.25, -0.2) is 4.98 Å². The molecule has 0 saturated carbocycles. The molecule has 24 heavy (non-hydrogen) atoms. The molecular formula is C17H21BrN4O2. The molecule has 4 rings (SSSR count). The maximum Gasteiger partial charge on any atom is 0.253 e. The molecule has 6 nitrogen and oxygen atoms in total. The number of fused-ring (bicyclic) bond motifs is 1. The van der Waals surface area contributed by atoms with E-state index in [0.29, 0.717) is 23.2 Å². The third-order valence-electron chi connectivity index (χ3n) is 5.21. The molecule has 2 aromatic rings. The molecule has 0 aliphatic carbocycles. The Morgan fingerprint density at radius 3 is 3.12 bits per heavy atom. The zero-order valence-electron chi connectivity index (χ0n) is 13.4. The molecule has 1 amide bonds. The second-order valence-corrected chi connectivity index (χ2v) is 7.67. The van der Waals surface area contributed by atoms with E-state index in [2.05, 4.69) is 36.5 Å². The van der Waals surface area contributed by atoms with Gasteiger partial charge in [-0.2, -0.15) is 0 Å². The lowest BCUT2D eigenvalue weighted by atomic mass is 9.77. The molecule has 2 saturated heterocycles. The number of rotatable bonds is 3. The monoisotopic (exact) mass is 392 g/mol. The summed E-state index contributed by atoms with van der Waals surface area (Å²) in [6, 6.07) is 1.84. The van der Waals surface area contributed by atoms with Crippen molar-refractivity contribution >= 4 is 32.9 Å². The number of H-pyrrole nitrogens is 1. The van der Waals surface area contributed by atoms with E-state index in [1.807, 2.05) is 6.07 Å². The molecule has 3 N–H and O–H groups in total. The van der Waals surface area contributed by atoms with Gasteiger partial charge in [0.1, 0.15) is 5.65 Å². The molecule has 1 unspecified atom stereocenters. The molecule has 0 aromatic carbocycles. The van der Waals surface area contributed by atoms with Gasteiger partial charge in [0.2, 0.25) is 0 Å². The van der Waals surface area contributed by atoms with Gasteiger partial charge < -0.3 is 20.4 Å². The summed E-state index contributed by atoms with van der Waals surface area (Å²) in [5.74, 6) is -0.0928. The van der Waals surface area contributed by atoms with Crippen LogP contribution in [-0.2, 0) is 4.74 Å². The van der Waals surface area contributed by atoms with E-state index >= 15 is 0 Å². The first kappa shape index (κ1) is 16.1. The first-order valence-electron chi connectivity index (χ1n) is 8.39. The third kappa shape index (κ3) is 2.96. The zero-order valence-corrected chi connectivity index (χ0v) is 15.0. The topological polar surface area (TPSA) is 79.0 Å². The lowest BCUT2D eigenvalue weighted by molar-refractivity contribution is 0.0782. The summed E-state index contributed by atoms with van der Waals surface area (Å²) in [6.07, 6.45) is 6.89. The fraction of sp³-hybridized carbons (Fsp3) is 0.529. The van der Waals surface area contributed by atoms with E-state index < -0.39 is 0 Å². The lowest BCUT2D eigenvalue weighted by Crippen LogP contribution is -2.38. The molecule has 1 spiro atoms. The van der Waals surface area contributed by atoms with Crippen LogP contribution in [0.2, 0.25) is 0 Å². The summed E-state index contributed by atoms with van der Waals surface area (Å²) in [5, 5.41) is 7.24. The fourth-order valence-corrected chi connectivity index (χ4v) is 4.35. The van der Waals surface area contributed by atoms with Gasteiger partial charge in [-0.15, -0.1) is 0 Å². The van der Waals surface area contributed by atoms with Crippen molar-refractivity contribution in [1.29, 1.82) is 0 Å². The smallest absolute Gasteiger partial charge is 0.253 e. The normalized spacial score (nSPS) is 23.0. The first-order valence-corrected chi connectivity index (χ1v) is 9.18. The number of carbonyl (C=O) groups excluding carboxylic acids is 1. The highest BCUT2D eigenvalue weighted by Gasteiger charge is 2.40. The molecule has 0 radical (unpaired) electrons. The first-order chi connectivity index (χ1) is 11.7. The van der Waals surface area contributed by atoms with Gasteiger partial charge >= 0.3 is 0 Å². The van der Waals surface area contributed by atoms with Crippen molar-refractivity contribution in [3.8, 4) is 0 Å². The largest absolute Gasteiger partial charge is 0.376 e. The van der Waals surface area contributed by atoms with Crippen LogP contribution in [0.15, 0.2) is 22.9 Å². The standard InChI is InChI=1S/C17H21BrN4O2/c18-13-1-4-20-15-14(13)12(9-21-15)16(23)22-8-11-7-17(10-24-11)2-5-19-6-3-17/h1,4,9,11,19H,2-3,5-8,10H2,(H,20,21)(H,22,23). The van der Waals surface area contributed by atoms with Gasteiger partial charge in [-0.05, 0) is 59.8 Å². The molecule has 7 heteroatoms. The van der Waals surface area contributed by atoms with Crippen LogP contribution in [0.25, 0.3) is 11.0 Å². The van der Waals surface area contributed by atoms with Crippen LogP contribution in [0.1, 0.15) is 29.6 Å². The van der Waals surface area contributed by atoms with Gasteiger partial charge in [0.05, 0.1) is 18.3 Å². The highest BCUT2D eigenvalue weighted by molar-refractivity contribution is 9.10. The number of pyridine rings is 1. The second-order valence-electron chi connectivity index (χ2n) is 6.82. The van der Waals surface area contributed by atoms with Crippen LogP contribution in [-0.4, -0.2) is 48.2 Å². The Morgan fingerprint density at radius 2 is 2.29 bits per heavy atom. The Kier molecular flexibility index (Phi) is 4.32. The summed E-state index contributed by atoms with van der Waals surface area (Å²) in [6.45, 7) is 3.51. The molecule has 2 aliphatic heterocycles. The molecule has 2 aliphatic rings. The predicted octanol–water partition coefficient (Wildman–Crippen LogP) is 2.21. The van der Waals surface area contributed by atoms with Gasteiger partial charge in [0.25, 0.3) is 5.91 Å². The van der Waals surface area contributed by atoms with Crippen molar-refractivity contribution in [3.63, 3.8) is 0 Å². The summed E-state index contributed by atoms with van der Waals surface area (Å²) in [7, 11) is 0. The number of halogens is 1. The molecule has 0 bridgehead atoms. The van der Waals surface area contributed by atoms with Crippen molar-refractivity contribution in [1.82, 2.24) is 20.6 Å². The van der Waals surface area contributed by atoms with E-state index in [1.54, 1.807) is 12.4 Å². The molecule has 2 fully saturated rings. The highest BCUT2D eigenvalue weighted by atomic mass is 79.9. The predicted molar refractivity (Wildman–Crippen MR) is 95.0 cm³/mol. The summed E-state index contributed by atoms with van der Waals surface area (Å²) in [5.41, 5.74) is 1.63. The summed E-state index contributed by atoms with van der Waals surface area (Å²) < 4.78 is 6.82. The number of amides is 1. The van der Waals surface area contributed by atoms with Crippen LogP contribution < -0.4 is 10.6 Å². The highest BCUT2D eigenvalue weighted by Crippen LogP contribution is 2.40. The average Bonchev–Trinajstić information content (AvgIpc) is 3.19. The molecule has 128 valence electrons. The minimum Gasteiger partial charge on any atom is -0.376 e. The molecule has 2 aromatic heterocycles. The van der Waals surface area contributed by atoms with Gasteiger partial charge in [0.15, 0.2) is 0 Å². The van der Waals surface area contributed by atoms with Crippen LogP contribution in [0.4, 0.5) is 0 Å². The number of aromatic nitrogens is 2. The van der Waals surface area contributed by atoms with E-state index in [4.69, 9.17) is 4.74 Å². The van der Waals surface area contributed by atoms with Crippen LogP contribution in [0, 0.1) is 5.41 Å². The Morgan fingerprint density at radius 1 is 1.46 bits per heavy atom. The quantitative estimate of drug-likeness (QED) is 0.747. The number of hydrogen-bond donors (Lipinski definition) is 3. The molecule has 4 heterocycles. The van der Waals surface area contributed by atoms with Gasteiger partial charge in [-0.1, -0.05) is 0 Å². The number of aromatic amines is 1. The van der Waals surface area contributed by atoms with Crippen LogP contribution in [0.5, 0.6) is 0 Å². The van der Waals surface area contributed by atoms with Crippen molar-refractivity contribution < 1.29 is 9.53 Å². The molecular weight excluding hydrogens is 372 g/mol. The lowest BCUT2D eigenvalue weighted by Gasteiger charge is -2.32. The Hall–Kier alpha value is -1.44. The number of nitrogens with one attached hydrogen (secondary N) is 3. The summed E-state index contributed by atoms with van der Waals surface area (Å²) >= 11 is 3.49. The van der Waals surface area contributed by atoms with Crippen LogP contribution >= 0.6 is 15.9 Å². The van der Waals surface area contributed by atoms with Crippen molar-refractivity contribution in [2.24, 2.45) is 5.41 Å². The SMILES string of the molecule is O=C(NCC1CC2(CCNCC2)CO1)c1c[nH]c2nccc(Br)c12. The number of ether oxygens (including phenoxy) is 1. The zero-order chi connectivity index (χ0) is 16.6. The fourth-order valence-electron chi connectivity index (χ4n) is 3.83. The Bertz CT molecular complexity index is 754. The minimum absolute atomic E-state index is 0.0928. The summed E-state index contributed by atoms with van der Waals surface area (Å²) in [4.78, 5) is 19.8. The van der Waals surface area contributed by atoms with Gasteiger partial charge in [-0.3, -0.25) is 4.79 Å². The number of piperidine rings is 1.